The molecule has 0 aromatic rings. The van der Waals surface area contributed by atoms with Crippen LogP contribution in [-0.4, -0.2) is 5.78 Å². The molecule has 0 aliphatic rings. The lowest BCUT2D eigenvalue weighted by molar-refractivity contribution is -0.114. The molecular formula is C11H18O. The van der Waals surface area contributed by atoms with Crippen LogP contribution in [0.1, 0.15) is 34.6 Å². The number of rotatable bonds is 2. The number of carbonyl (C=O) groups excluding carboxylic acids is 1. The van der Waals surface area contributed by atoms with E-state index in [-0.39, 0.29) is 11.2 Å². The van der Waals surface area contributed by atoms with E-state index in [0.29, 0.717) is 0 Å². The maximum absolute atomic E-state index is 11.2. The highest BCUT2D eigenvalue weighted by Crippen LogP contribution is 2.25. The van der Waals surface area contributed by atoms with E-state index in [1.807, 2.05) is 45.9 Å². The number of hydrogen-bond acceptors (Lipinski definition) is 1. The van der Waals surface area contributed by atoms with E-state index >= 15 is 0 Å². The van der Waals surface area contributed by atoms with Gasteiger partial charge < -0.3 is 0 Å². The monoisotopic (exact) mass is 166 g/mol. The van der Waals surface area contributed by atoms with Gasteiger partial charge in [0.25, 0.3) is 0 Å². The molecule has 0 unspecified atom stereocenters. The quantitative estimate of drug-likeness (QED) is 0.455. The highest BCUT2D eigenvalue weighted by atomic mass is 16.1. The van der Waals surface area contributed by atoms with Gasteiger partial charge in [-0.05, 0) is 19.3 Å². The van der Waals surface area contributed by atoms with Gasteiger partial charge in [-0.25, -0.2) is 0 Å². The van der Waals surface area contributed by atoms with Crippen LogP contribution in [0.3, 0.4) is 0 Å². The first-order valence-corrected chi connectivity index (χ1v) is 4.24. The minimum Gasteiger partial charge on any atom is -0.295 e. The van der Waals surface area contributed by atoms with Crippen molar-refractivity contribution in [3.63, 3.8) is 0 Å². The summed E-state index contributed by atoms with van der Waals surface area (Å²) in [6, 6.07) is 0. The zero-order valence-corrected chi connectivity index (χ0v) is 8.64. The van der Waals surface area contributed by atoms with Gasteiger partial charge in [0.1, 0.15) is 0 Å². The Bertz CT molecular complexity index is 214. The number of ketones is 1. The van der Waals surface area contributed by atoms with Gasteiger partial charge in [-0.1, -0.05) is 39.0 Å². The van der Waals surface area contributed by atoms with Crippen LogP contribution in [0.15, 0.2) is 23.8 Å². The summed E-state index contributed by atoms with van der Waals surface area (Å²) in [5.41, 5.74) is 0.825. The van der Waals surface area contributed by atoms with E-state index < -0.39 is 0 Å². The van der Waals surface area contributed by atoms with Crippen LogP contribution < -0.4 is 0 Å². The Kier molecular flexibility index (Phi) is 3.94. The van der Waals surface area contributed by atoms with E-state index in [1.165, 1.54) is 0 Å². The molecule has 0 aromatic carbocycles. The van der Waals surface area contributed by atoms with Gasteiger partial charge in [0.2, 0.25) is 0 Å². The molecule has 0 heterocycles. The zero-order valence-electron chi connectivity index (χ0n) is 8.64. The number of Topliss-reactive ketones (excluding diaryl/α,β-unsaturated/α-hetero) is 1. The lowest BCUT2D eigenvalue weighted by Gasteiger charge is -2.20. The van der Waals surface area contributed by atoms with Crippen LogP contribution in [0.4, 0.5) is 0 Å². The fourth-order valence-corrected chi connectivity index (χ4v) is 1.09. The fourth-order valence-electron chi connectivity index (χ4n) is 1.09. The first-order chi connectivity index (χ1) is 5.39. The third kappa shape index (κ3) is 3.51. The van der Waals surface area contributed by atoms with Gasteiger partial charge in [-0.3, -0.25) is 4.79 Å². The second kappa shape index (κ2) is 4.24. The molecule has 0 fully saturated rings. The standard InChI is InChI=1S/C11H18O/c1-6-7-8-10(9(2)12)11(3,4)5/h6-8H,1-5H3. The molecule has 0 aliphatic carbocycles. The molecule has 12 heavy (non-hydrogen) atoms. The summed E-state index contributed by atoms with van der Waals surface area (Å²) in [5, 5.41) is 0. The Balaban J connectivity index is 4.80. The van der Waals surface area contributed by atoms with Crippen LogP contribution in [0, 0.1) is 5.41 Å². The van der Waals surface area contributed by atoms with Crippen molar-refractivity contribution < 1.29 is 4.79 Å². The molecule has 0 atom stereocenters. The minimum absolute atomic E-state index is 0.0503. The fraction of sp³-hybridized carbons (Fsp3) is 0.545. The first kappa shape index (κ1) is 11.2. The predicted octanol–water partition coefficient (Wildman–Crippen LogP) is 3.12. The molecule has 0 spiro atoms. The Morgan fingerprint density at radius 3 is 2.00 bits per heavy atom. The van der Waals surface area contributed by atoms with Gasteiger partial charge >= 0.3 is 0 Å². The molecule has 0 amide bonds. The second-order valence-electron chi connectivity index (χ2n) is 3.91. The number of hydrogen-bond donors (Lipinski definition) is 0. The van der Waals surface area contributed by atoms with Crippen LogP contribution in [0.5, 0.6) is 0 Å². The maximum Gasteiger partial charge on any atom is 0.156 e. The van der Waals surface area contributed by atoms with E-state index in [1.54, 1.807) is 6.92 Å². The summed E-state index contributed by atoms with van der Waals surface area (Å²) in [6.45, 7) is 9.69. The molecule has 0 aliphatic heterocycles. The summed E-state index contributed by atoms with van der Waals surface area (Å²) in [6.07, 6.45) is 5.72. The molecule has 0 rings (SSSR count). The average Bonchev–Trinajstić information content (AvgIpc) is 1.84. The lowest BCUT2D eigenvalue weighted by Crippen LogP contribution is -2.15. The topological polar surface area (TPSA) is 17.1 Å². The predicted molar refractivity (Wildman–Crippen MR) is 53.0 cm³/mol. The number of carbonyl (C=O) groups is 1. The molecular weight excluding hydrogens is 148 g/mol. The smallest absolute Gasteiger partial charge is 0.156 e. The third-order valence-corrected chi connectivity index (χ3v) is 1.64. The summed E-state index contributed by atoms with van der Waals surface area (Å²) in [7, 11) is 0. The van der Waals surface area contributed by atoms with E-state index in [2.05, 4.69) is 0 Å². The molecule has 1 nitrogen and oxygen atoms in total. The molecule has 0 saturated heterocycles. The van der Waals surface area contributed by atoms with Crippen molar-refractivity contribution in [1.82, 2.24) is 0 Å². The Morgan fingerprint density at radius 2 is 1.75 bits per heavy atom. The molecule has 68 valence electrons. The average molecular weight is 166 g/mol. The van der Waals surface area contributed by atoms with Crippen molar-refractivity contribution in [3.8, 4) is 0 Å². The third-order valence-electron chi connectivity index (χ3n) is 1.64. The van der Waals surface area contributed by atoms with Gasteiger partial charge in [-0.2, -0.15) is 0 Å². The summed E-state index contributed by atoms with van der Waals surface area (Å²) in [5.74, 6) is 0.153. The largest absolute Gasteiger partial charge is 0.295 e. The first-order valence-electron chi connectivity index (χ1n) is 4.24. The van der Waals surface area contributed by atoms with Crippen molar-refractivity contribution in [3.05, 3.63) is 23.8 Å². The van der Waals surface area contributed by atoms with Crippen molar-refractivity contribution in [1.29, 1.82) is 0 Å². The number of allylic oxidation sites excluding steroid dienone is 4. The normalized spacial score (nSPS) is 13.9. The van der Waals surface area contributed by atoms with Gasteiger partial charge in [0.05, 0.1) is 0 Å². The lowest BCUT2D eigenvalue weighted by atomic mass is 9.84. The molecule has 1 heteroatoms. The van der Waals surface area contributed by atoms with Crippen LogP contribution in [0.2, 0.25) is 0 Å². The Morgan fingerprint density at radius 1 is 1.25 bits per heavy atom. The maximum atomic E-state index is 11.2. The molecule has 0 N–H and O–H groups in total. The van der Waals surface area contributed by atoms with Crippen molar-refractivity contribution in [2.45, 2.75) is 34.6 Å². The Hall–Kier alpha value is -0.850. The van der Waals surface area contributed by atoms with Crippen molar-refractivity contribution >= 4 is 5.78 Å². The highest BCUT2D eigenvalue weighted by Gasteiger charge is 2.19. The van der Waals surface area contributed by atoms with Crippen molar-refractivity contribution in [2.75, 3.05) is 0 Å². The van der Waals surface area contributed by atoms with Gasteiger partial charge in [0.15, 0.2) is 5.78 Å². The zero-order chi connectivity index (χ0) is 9.78. The van der Waals surface area contributed by atoms with Gasteiger partial charge in [-0.15, -0.1) is 0 Å². The second-order valence-corrected chi connectivity index (χ2v) is 3.91. The van der Waals surface area contributed by atoms with Crippen LogP contribution in [0.25, 0.3) is 0 Å². The van der Waals surface area contributed by atoms with Crippen LogP contribution >= 0.6 is 0 Å². The highest BCUT2D eigenvalue weighted by molar-refractivity contribution is 5.94. The molecule has 0 bridgehead atoms. The van der Waals surface area contributed by atoms with E-state index in [0.717, 1.165) is 5.57 Å². The SMILES string of the molecule is CC=CC=C(C(C)=O)C(C)(C)C. The minimum atomic E-state index is -0.0503. The summed E-state index contributed by atoms with van der Waals surface area (Å²) in [4.78, 5) is 11.2. The summed E-state index contributed by atoms with van der Waals surface area (Å²) >= 11 is 0. The Labute approximate surface area is 75.2 Å². The summed E-state index contributed by atoms with van der Waals surface area (Å²) < 4.78 is 0. The van der Waals surface area contributed by atoms with E-state index in [9.17, 15) is 4.79 Å². The molecule has 0 radical (unpaired) electrons. The van der Waals surface area contributed by atoms with Crippen molar-refractivity contribution in [2.24, 2.45) is 5.41 Å². The molecule has 0 saturated carbocycles. The van der Waals surface area contributed by atoms with E-state index in [4.69, 9.17) is 0 Å². The molecule has 0 aromatic heterocycles. The van der Waals surface area contributed by atoms with Crippen LogP contribution in [-0.2, 0) is 4.79 Å². The van der Waals surface area contributed by atoms with Gasteiger partial charge in [0, 0.05) is 5.57 Å².